The molecule has 4 rings (SSSR count). The summed E-state index contributed by atoms with van der Waals surface area (Å²) in [5.41, 5.74) is 4.67. The first-order valence-electron chi connectivity index (χ1n) is 12.7. The van der Waals surface area contributed by atoms with E-state index in [1.807, 2.05) is 45.0 Å². The van der Waals surface area contributed by atoms with Crippen LogP contribution in [0.5, 0.6) is 0 Å². The molecule has 0 bridgehead atoms. The van der Waals surface area contributed by atoms with Gasteiger partial charge in [0.25, 0.3) is 5.91 Å². The van der Waals surface area contributed by atoms with E-state index >= 15 is 0 Å². The highest BCUT2D eigenvalue weighted by molar-refractivity contribution is 7.13. The monoisotopic (exact) mass is 543 g/mol. The van der Waals surface area contributed by atoms with Crippen LogP contribution in [-0.2, 0) is 22.0 Å². The third-order valence-electron chi connectivity index (χ3n) is 6.25. The molecule has 8 nitrogen and oxygen atoms in total. The Morgan fingerprint density at radius 2 is 1.41 bits per heavy atom. The van der Waals surface area contributed by atoms with Crippen molar-refractivity contribution in [3.05, 3.63) is 82.1 Å². The summed E-state index contributed by atoms with van der Waals surface area (Å²) in [7, 11) is 0. The molecule has 1 amide bonds. The molecular weight excluding hydrogens is 510 g/mol. The summed E-state index contributed by atoms with van der Waals surface area (Å²) in [6.07, 6.45) is 3.73. The molecule has 0 spiro atoms. The summed E-state index contributed by atoms with van der Waals surface area (Å²) < 4.78 is 0. The lowest BCUT2D eigenvalue weighted by atomic mass is 9.86. The van der Waals surface area contributed by atoms with Crippen LogP contribution in [0.25, 0.3) is 22.5 Å². The minimum atomic E-state index is -1.12. The molecule has 0 saturated heterocycles. The third kappa shape index (κ3) is 6.92. The number of hydrogen-bond acceptors (Lipinski definition) is 7. The first kappa shape index (κ1) is 28.0. The van der Waals surface area contributed by atoms with E-state index in [1.165, 1.54) is 16.9 Å². The number of carbonyl (C=O) groups is 2. The van der Waals surface area contributed by atoms with E-state index in [0.29, 0.717) is 10.8 Å². The highest BCUT2D eigenvalue weighted by Gasteiger charge is 2.26. The Kier molecular flexibility index (Phi) is 7.92. The number of carboxylic acids is 1. The van der Waals surface area contributed by atoms with Gasteiger partial charge in [0.05, 0.1) is 0 Å². The molecule has 2 heterocycles. The van der Waals surface area contributed by atoms with Crippen LogP contribution in [0.2, 0.25) is 0 Å². The Balaban J connectivity index is 1.42. The zero-order chi connectivity index (χ0) is 28.4. The number of aromatic nitrogens is 4. The average molecular weight is 544 g/mol. The Bertz CT molecular complexity index is 1450. The molecule has 4 aromatic rings. The lowest BCUT2D eigenvalue weighted by Crippen LogP contribution is -2.42. The summed E-state index contributed by atoms with van der Waals surface area (Å²) in [6, 6.07) is 14.7. The predicted octanol–water partition coefficient (Wildman–Crippen LogP) is 5.68. The molecule has 1 unspecified atom stereocenters. The second-order valence-electron chi connectivity index (χ2n) is 11.6. The van der Waals surface area contributed by atoms with Gasteiger partial charge >= 0.3 is 5.97 Å². The van der Waals surface area contributed by atoms with Crippen LogP contribution in [0, 0.1) is 0 Å². The van der Waals surface area contributed by atoms with Gasteiger partial charge in [-0.2, -0.15) is 0 Å². The van der Waals surface area contributed by atoms with Crippen LogP contribution in [-0.4, -0.2) is 43.2 Å². The van der Waals surface area contributed by atoms with Crippen LogP contribution >= 0.6 is 11.3 Å². The Hall–Kier alpha value is -3.98. The quantitative estimate of drug-likeness (QED) is 0.308. The number of benzene rings is 2. The number of amides is 1. The van der Waals surface area contributed by atoms with Crippen LogP contribution in [0.3, 0.4) is 0 Å². The van der Waals surface area contributed by atoms with Crippen LogP contribution < -0.4 is 5.32 Å². The fourth-order valence-electron chi connectivity index (χ4n) is 3.85. The Labute approximate surface area is 232 Å². The third-order valence-corrected chi connectivity index (χ3v) is 7.60. The van der Waals surface area contributed by atoms with E-state index in [2.05, 4.69) is 70.5 Å². The summed E-state index contributed by atoms with van der Waals surface area (Å²) in [5.74, 6) is -1.10. The molecule has 1 atom stereocenters. The van der Waals surface area contributed by atoms with E-state index < -0.39 is 17.9 Å². The molecular formula is C30H33N5O3S. The minimum absolute atomic E-state index is 0.0933. The minimum Gasteiger partial charge on any atom is -0.480 e. The van der Waals surface area contributed by atoms with Gasteiger partial charge in [0, 0.05) is 35.4 Å². The highest BCUT2D eigenvalue weighted by Crippen LogP contribution is 2.27. The summed E-state index contributed by atoms with van der Waals surface area (Å²) in [4.78, 5) is 33.6. The van der Waals surface area contributed by atoms with Gasteiger partial charge in [0.2, 0.25) is 5.01 Å². The molecule has 0 aliphatic heterocycles. The molecule has 39 heavy (non-hydrogen) atoms. The largest absolute Gasteiger partial charge is 0.480 e. The van der Waals surface area contributed by atoms with Crippen molar-refractivity contribution in [1.29, 1.82) is 0 Å². The van der Waals surface area contributed by atoms with Crippen molar-refractivity contribution >= 4 is 23.2 Å². The fraction of sp³-hybridized carbons (Fsp3) is 0.333. The van der Waals surface area contributed by atoms with E-state index in [4.69, 9.17) is 0 Å². The Morgan fingerprint density at radius 1 is 0.821 bits per heavy atom. The van der Waals surface area contributed by atoms with E-state index in [-0.39, 0.29) is 22.3 Å². The SMILES string of the molecule is CC(C)(C)c1ccc(-c2cnc(-c3ccc(CC(NC(=O)c4nnc(C(C)(C)C)s4)C(=O)O)cc3)nc2)cc1. The van der Waals surface area contributed by atoms with Crippen molar-refractivity contribution in [2.24, 2.45) is 0 Å². The Morgan fingerprint density at radius 3 is 1.92 bits per heavy atom. The number of carbonyl (C=O) groups excluding carboxylic acids is 1. The van der Waals surface area contributed by atoms with Crippen molar-refractivity contribution in [3.63, 3.8) is 0 Å². The second-order valence-corrected chi connectivity index (χ2v) is 12.5. The molecule has 0 saturated carbocycles. The summed E-state index contributed by atoms with van der Waals surface area (Å²) >= 11 is 1.17. The maximum atomic E-state index is 12.6. The van der Waals surface area contributed by atoms with Crippen molar-refractivity contribution in [3.8, 4) is 22.5 Å². The van der Waals surface area contributed by atoms with Gasteiger partial charge in [-0.15, -0.1) is 10.2 Å². The van der Waals surface area contributed by atoms with E-state index in [9.17, 15) is 14.7 Å². The smallest absolute Gasteiger partial charge is 0.326 e. The lowest BCUT2D eigenvalue weighted by Gasteiger charge is -2.19. The van der Waals surface area contributed by atoms with E-state index in [0.717, 1.165) is 22.3 Å². The zero-order valence-electron chi connectivity index (χ0n) is 23.0. The van der Waals surface area contributed by atoms with Crippen molar-refractivity contribution in [1.82, 2.24) is 25.5 Å². The van der Waals surface area contributed by atoms with Gasteiger partial charge in [-0.3, -0.25) is 4.79 Å². The zero-order valence-corrected chi connectivity index (χ0v) is 23.8. The number of carboxylic acid groups (broad SMARTS) is 1. The molecule has 9 heteroatoms. The second kappa shape index (κ2) is 11.0. The lowest BCUT2D eigenvalue weighted by molar-refractivity contribution is -0.139. The topological polar surface area (TPSA) is 118 Å². The van der Waals surface area contributed by atoms with Gasteiger partial charge in [-0.05, 0) is 22.1 Å². The van der Waals surface area contributed by atoms with Crippen LogP contribution in [0.4, 0.5) is 0 Å². The summed E-state index contributed by atoms with van der Waals surface area (Å²) in [6.45, 7) is 12.5. The fourth-order valence-corrected chi connectivity index (χ4v) is 4.66. The molecule has 0 aliphatic rings. The predicted molar refractivity (Wildman–Crippen MR) is 153 cm³/mol. The molecule has 202 valence electrons. The normalized spacial score (nSPS) is 12.7. The van der Waals surface area contributed by atoms with Crippen LogP contribution in [0.15, 0.2) is 60.9 Å². The van der Waals surface area contributed by atoms with Gasteiger partial charge in [0.1, 0.15) is 11.0 Å². The first-order valence-corrected chi connectivity index (χ1v) is 13.5. The van der Waals surface area contributed by atoms with Crippen molar-refractivity contribution < 1.29 is 14.7 Å². The highest BCUT2D eigenvalue weighted by atomic mass is 32.1. The molecule has 0 aliphatic carbocycles. The van der Waals surface area contributed by atoms with Gasteiger partial charge in [-0.1, -0.05) is 101 Å². The standard InChI is InChI=1S/C30H33N5O3S/c1-29(2,3)22-13-11-19(12-14-22)21-16-31-24(32-17-21)20-9-7-18(8-10-20)15-23(27(37)38)33-25(36)26-34-35-28(39-26)30(4,5)6/h7-14,16-17,23H,15H2,1-6H3,(H,33,36)(H,37,38). The van der Waals surface area contributed by atoms with Crippen LogP contribution in [0.1, 0.15) is 67.5 Å². The average Bonchev–Trinajstić information content (AvgIpc) is 3.40. The number of rotatable bonds is 7. The molecule has 0 fully saturated rings. The number of aliphatic carboxylic acids is 1. The molecule has 0 radical (unpaired) electrons. The number of hydrogen-bond donors (Lipinski definition) is 2. The van der Waals surface area contributed by atoms with Gasteiger partial charge in [0.15, 0.2) is 5.82 Å². The molecule has 2 aromatic carbocycles. The van der Waals surface area contributed by atoms with Crippen molar-refractivity contribution in [2.75, 3.05) is 0 Å². The van der Waals surface area contributed by atoms with E-state index in [1.54, 1.807) is 12.4 Å². The van der Waals surface area contributed by atoms with Gasteiger partial charge < -0.3 is 10.4 Å². The van der Waals surface area contributed by atoms with Gasteiger partial charge in [-0.25, -0.2) is 14.8 Å². The first-order chi connectivity index (χ1) is 18.3. The number of nitrogens with one attached hydrogen (secondary N) is 1. The maximum absolute atomic E-state index is 12.6. The number of nitrogens with zero attached hydrogens (tertiary/aromatic N) is 4. The maximum Gasteiger partial charge on any atom is 0.326 e. The summed E-state index contributed by atoms with van der Waals surface area (Å²) in [5, 5.41) is 21.1. The molecule has 2 N–H and O–H groups in total. The molecule has 2 aromatic heterocycles. The van der Waals surface area contributed by atoms with Crippen molar-refractivity contribution in [2.45, 2.75) is 64.8 Å².